The maximum absolute atomic E-state index is 12.3. The Bertz CT molecular complexity index is 979. The third kappa shape index (κ3) is 2.74. The third-order valence-electron chi connectivity index (χ3n) is 7.44. The normalized spacial score (nSPS) is 25.5. The molecule has 1 aromatic carbocycles. The van der Waals surface area contributed by atoms with Crippen LogP contribution in [0.2, 0.25) is 0 Å². The SMILES string of the molecule is CC1(C)[C@H]2CC=C(CCOc3ccc4c5c(c(=O)oc4c3)CCCC5)[C@@H]1C2. The second-order valence-corrected chi connectivity index (χ2v) is 9.13. The fourth-order valence-corrected chi connectivity index (χ4v) is 5.56. The summed E-state index contributed by atoms with van der Waals surface area (Å²) in [6.45, 7) is 5.50. The van der Waals surface area contributed by atoms with Crippen molar-refractivity contribution in [2.24, 2.45) is 17.3 Å². The van der Waals surface area contributed by atoms with E-state index in [-0.39, 0.29) is 5.63 Å². The lowest BCUT2D eigenvalue weighted by Gasteiger charge is -2.56. The van der Waals surface area contributed by atoms with Gasteiger partial charge >= 0.3 is 5.63 Å². The van der Waals surface area contributed by atoms with Gasteiger partial charge in [0, 0.05) is 23.4 Å². The molecule has 6 rings (SSSR count). The summed E-state index contributed by atoms with van der Waals surface area (Å²) < 4.78 is 11.6. The average Bonchev–Trinajstić information content (AvgIpc) is 2.68. The first kappa shape index (κ1) is 17.1. The predicted octanol–water partition coefficient (Wildman–Crippen LogP) is 5.43. The van der Waals surface area contributed by atoms with E-state index >= 15 is 0 Å². The molecule has 3 nitrogen and oxygen atoms in total. The van der Waals surface area contributed by atoms with Crippen LogP contribution in [0.5, 0.6) is 5.75 Å². The summed E-state index contributed by atoms with van der Waals surface area (Å²) in [6, 6.07) is 5.98. The van der Waals surface area contributed by atoms with E-state index in [2.05, 4.69) is 26.0 Å². The standard InChI is InChI=1S/C24H28O3/c1-24(2)16-8-7-15(21(24)13-16)11-12-26-17-9-10-19-18-5-3-4-6-20(18)23(25)27-22(19)14-17/h7,9-10,14,16,21H,3-6,8,11-13H2,1-2H3/t16-,21-/m0/s1. The highest BCUT2D eigenvalue weighted by atomic mass is 16.5. The zero-order valence-corrected chi connectivity index (χ0v) is 16.3. The fourth-order valence-electron chi connectivity index (χ4n) is 5.56. The summed E-state index contributed by atoms with van der Waals surface area (Å²) in [5, 5.41) is 1.08. The van der Waals surface area contributed by atoms with Crippen molar-refractivity contribution >= 4 is 11.0 Å². The highest BCUT2D eigenvalue weighted by Gasteiger charge is 2.50. The Morgan fingerprint density at radius 3 is 2.78 bits per heavy atom. The first-order valence-electron chi connectivity index (χ1n) is 10.4. The molecule has 0 amide bonds. The van der Waals surface area contributed by atoms with Gasteiger partial charge in [-0.1, -0.05) is 25.5 Å². The first-order chi connectivity index (χ1) is 13.0. The van der Waals surface area contributed by atoms with Crippen LogP contribution >= 0.6 is 0 Å². The lowest BCUT2D eigenvalue weighted by atomic mass is 9.48. The summed E-state index contributed by atoms with van der Waals surface area (Å²) in [5.74, 6) is 2.41. The van der Waals surface area contributed by atoms with Gasteiger partial charge in [-0.25, -0.2) is 4.79 Å². The molecule has 4 aliphatic rings. The molecule has 4 aliphatic carbocycles. The monoisotopic (exact) mass is 364 g/mol. The molecule has 2 aromatic rings. The van der Waals surface area contributed by atoms with Crippen LogP contribution in [-0.4, -0.2) is 6.61 Å². The molecule has 0 spiro atoms. The molecule has 1 fully saturated rings. The lowest BCUT2D eigenvalue weighted by molar-refractivity contribution is -0.00917. The molecule has 2 atom stereocenters. The quantitative estimate of drug-likeness (QED) is 0.536. The molecular weight excluding hydrogens is 336 g/mol. The molecule has 1 aromatic heterocycles. The number of hydrogen-bond acceptors (Lipinski definition) is 3. The summed E-state index contributed by atoms with van der Waals surface area (Å²) >= 11 is 0. The molecule has 0 radical (unpaired) electrons. The molecule has 1 heterocycles. The van der Waals surface area contributed by atoms with Crippen molar-refractivity contribution in [2.75, 3.05) is 6.61 Å². The fraction of sp³-hybridized carbons (Fsp3) is 0.542. The minimum Gasteiger partial charge on any atom is -0.493 e. The number of rotatable bonds is 4. The molecular formula is C24H28O3. The van der Waals surface area contributed by atoms with Crippen molar-refractivity contribution < 1.29 is 9.15 Å². The number of ether oxygens (including phenoxy) is 1. The van der Waals surface area contributed by atoms with Gasteiger partial charge in [0.15, 0.2) is 0 Å². The Morgan fingerprint density at radius 1 is 1.19 bits per heavy atom. The minimum absolute atomic E-state index is 0.163. The smallest absolute Gasteiger partial charge is 0.339 e. The molecule has 0 aliphatic heterocycles. The van der Waals surface area contributed by atoms with Gasteiger partial charge in [0.1, 0.15) is 11.3 Å². The van der Waals surface area contributed by atoms with Crippen molar-refractivity contribution in [1.29, 1.82) is 0 Å². The Hall–Kier alpha value is -2.03. The third-order valence-corrected chi connectivity index (χ3v) is 7.44. The molecule has 0 unspecified atom stereocenters. The number of hydrogen-bond donors (Lipinski definition) is 0. The van der Waals surface area contributed by atoms with E-state index in [1.807, 2.05) is 12.1 Å². The van der Waals surface area contributed by atoms with Crippen LogP contribution in [0.3, 0.4) is 0 Å². The highest BCUT2D eigenvalue weighted by Crippen LogP contribution is 2.59. The van der Waals surface area contributed by atoms with E-state index in [1.165, 1.54) is 18.4 Å². The zero-order valence-electron chi connectivity index (χ0n) is 16.3. The zero-order chi connectivity index (χ0) is 18.6. The van der Waals surface area contributed by atoms with E-state index in [4.69, 9.17) is 9.15 Å². The van der Waals surface area contributed by atoms with E-state index in [0.29, 0.717) is 17.6 Å². The Labute approximate surface area is 160 Å². The van der Waals surface area contributed by atoms with Crippen molar-refractivity contribution in [3.8, 4) is 5.75 Å². The van der Waals surface area contributed by atoms with Crippen LogP contribution in [0.15, 0.2) is 39.1 Å². The topological polar surface area (TPSA) is 39.4 Å². The maximum atomic E-state index is 12.3. The van der Waals surface area contributed by atoms with Gasteiger partial charge in [0.25, 0.3) is 0 Å². The van der Waals surface area contributed by atoms with Crippen molar-refractivity contribution in [3.63, 3.8) is 0 Å². The van der Waals surface area contributed by atoms with Gasteiger partial charge in [-0.3, -0.25) is 0 Å². The van der Waals surface area contributed by atoms with Gasteiger partial charge in [0.2, 0.25) is 0 Å². The van der Waals surface area contributed by atoms with Gasteiger partial charge < -0.3 is 9.15 Å². The van der Waals surface area contributed by atoms with Gasteiger partial charge in [-0.05, 0) is 73.5 Å². The summed E-state index contributed by atoms with van der Waals surface area (Å²) in [6.07, 6.45) is 10.1. The van der Waals surface area contributed by atoms with Crippen LogP contribution in [0, 0.1) is 17.3 Å². The van der Waals surface area contributed by atoms with Gasteiger partial charge in [-0.2, -0.15) is 0 Å². The Morgan fingerprint density at radius 2 is 2.00 bits per heavy atom. The summed E-state index contributed by atoms with van der Waals surface area (Å²) in [7, 11) is 0. The second-order valence-electron chi connectivity index (χ2n) is 9.13. The molecule has 0 saturated heterocycles. The predicted molar refractivity (Wildman–Crippen MR) is 107 cm³/mol. The largest absolute Gasteiger partial charge is 0.493 e. The van der Waals surface area contributed by atoms with Gasteiger partial charge in [0.05, 0.1) is 6.61 Å². The first-order valence-corrected chi connectivity index (χ1v) is 10.4. The molecule has 0 N–H and O–H groups in total. The number of fused-ring (bicyclic) bond motifs is 4. The molecule has 27 heavy (non-hydrogen) atoms. The molecule has 3 heteroatoms. The highest BCUT2D eigenvalue weighted by molar-refractivity contribution is 5.82. The Kier molecular flexibility index (Phi) is 3.96. The number of benzene rings is 1. The van der Waals surface area contributed by atoms with E-state index in [1.54, 1.807) is 5.57 Å². The number of allylic oxidation sites excluding steroid dienone is 1. The van der Waals surface area contributed by atoms with Crippen LogP contribution in [-0.2, 0) is 12.8 Å². The van der Waals surface area contributed by atoms with Crippen molar-refractivity contribution in [3.05, 3.63) is 51.4 Å². The van der Waals surface area contributed by atoms with Crippen LogP contribution in [0.25, 0.3) is 11.0 Å². The second kappa shape index (κ2) is 6.25. The molecule has 1 saturated carbocycles. The Balaban J connectivity index is 1.31. The van der Waals surface area contributed by atoms with Crippen molar-refractivity contribution in [2.45, 2.75) is 58.8 Å². The minimum atomic E-state index is -0.163. The van der Waals surface area contributed by atoms with Gasteiger partial charge in [-0.15, -0.1) is 0 Å². The van der Waals surface area contributed by atoms with E-state index < -0.39 is 0 Å². The summed E-state index contributed by atoms with van der Waals surface area (Å²) in [4.78, 5) is 12.3. The average molecular weight is 364 g/mol. The lowest BCUT2D eigenvalue weighted by Crippen LogP contribution is -2.48. The van der Waals surface area contributed by atoms with E-state index in [9.17, 15) is 4.79 Å². The van der Waals surface area contributed by atoms with Crippen LogP contribution < -0.4 is 10.4 Å². The maximum Gasteiger partial charge on any atom is 0.339 e. The molecule has 2 bridgehead atoms. The summed E-state index contributed by atoms with van der Waals surface area (Å²) in [5.41, 5.74) is 4.61. The molecule has 142 valence electrons. The van der Waals surface area contributed by atoms with Crippen LogP contribution in [0.4, 0.5) is 0 Å². The van der Waals surface area contributed by atoms with Crippen LogP contribution in [0.1, 0.15) is 57.1 Å². The van der Waals surface area contributed by atoms with E-state index in [0.717, 1.165) is 60.6 Å². The number of aryl methyl sites for hydroxylation is 1. The van der Waals surface area contributed by atoms with Crippen molar-refractivity contribution in [1.82, 2.24) is 0 Å².